The smallest absolute Gasteiger partial charge is 0.167 e. The second kappa shape index (κ2) is 11.0. The molecule has 2 unspecified atom stereocenters. The summed E-state index contributed by atoms with van der Waals surface area (Å²) in [6, 6.07) is 5.60. The number of nitrogens with one attached hydrogen (secondary N) is 1. The highest BCUT2D eigenvalue weighted by molar-refractivity contribution is 5.81. The summed E-state index contributed by atoms with van der Waals surface area (Å²) in [7, 11) is 0. The number of nitrogens with two attached hydrogens (primary N) is 1. The number of nitrogens with zero attached hydrogens (tertiary/aromatic N) is 6. The van der Waals surface area contributed by atoms with Crippen LogP contribution in [0.25, 0.3) is 22.2 Å². The molecule has 13 nitrogen and oxygen atoms in total. The Morgan fingerprint density at radius 2 is 1.90 bits per heavy atom. The van der Waals surface area contributed by atoms with Crippen molar-refractivity contribution in [1.29, 1.82) is 0 Å². The third-order valence-electron chi connectivity index (χ3n) is 8.65. The van der Waals surface area contributed by atoms with Gasteiger partial charge in [-0.05, 0) is 55.7 Å². The number of aromatic nitrogens is 6. The maximum Gasteiger partial charge on any atom is 0.167 e. The molecule has 1 saturated carbocycles. The van der Waals surface area contributed by atoms with E-state index < -0.39 is 5.41 Å². The Kier molecular flexibility index (Phi) is 7.42. The molecule has 0 spiro atoms. The van der Waals surface area contributed by atoms with E-state index in [-0.39, 0.29) is 38.2 Å². The van der Waals surface area contributed by atoms with Crippen molar-refractivity contribution in [3.05, 3.63) is 42.2 Å². The van der Waals surface area contributed by atoms with E-state index in [0.717, 1.165) is 55.4 Å². The first-order valence-electron chi connectivity index (χ1n) is 13.8. The molecule has 0 amide bonds. The monoisotopic (exact) mass is 552 g/mol. The molecule has 13 heteroatoms. The quantitative estimate of drug-likeness (QED) is 0.147. The number of fused-ring (bicyclic) bond motifs is 2. The van der Waals surface area contributed by atoms with Crippen LogP contribution in [0.2, 0.25) is 0 Å². The first kappa shape index (κ1) is 27.0. The number of hydroxylamine groups is 2. The lowest BCUT2D eigenvalue weighted by molar-refractivity contribution is -0.179. The van der Waals surface area contributed by atoms with E-state index in [2.05, 4.69) is 24.9 Å². The predicted molar refractivity (Wildman–Crippen MR) is 145 cm³/mol. The average Bonchev–Trinajstić information content (AvgIpc) is 3.67. The number of imidazole rings is 2. The topological polar surface area (TPSA) is 192 Å². The first-order valence-corrected chi connectivity index (χ1v) is 13.8. The SMILES string of the molecule is Nc1ncnc2c1ncn2C1CCC(CN(O)C2CC(CCc3nc4ccc(C(CO)(CO)CO)cc4[nH]3)C2)O1. The molecule has 0 radical (unpaired) electrons. The van der Waals surface area contributed by atoms with E-state index in [9.17, 15) is 20.5 Å². The fourth-order valence-corrected chi connectivity index (χ4v) is 5.92. The van der Waals surface area contributed by atoms with Gasteiger partial charge < -0.3 is 36.0 Å². The molecule has 4 heterocycles. The number of hydrogen-bond donors (Lipinski definition) is 6. The molecule has 7 N–H and O–H groups in total. The summed E-state index contributed by atoms with van der Waals surface area (Å²) in [5.41, 5.74) is 8.33. The maximum absolute atomic E-state index is 10.7. The van der Waals surface area contributed by atoms with E-state index in [1.807, 2.05) is 16.7 Å². The summed E-state index contributed by atoms with van der Waals surface area (Å²) in [6.45, 7) is -0.590. The van der Waals surface area contributed by atoms with Gasteiger partial charge in [0.15, 0.2) is 11.5 Å². The molecular formula is C27H36N8O5. The van der Waals surface area contributed by atoms with E-state index >= 15 is 0 Å². The summed E-state index contributed by atoms with van der Waals surface area (Å²) in [4.78, 5) is 20.6. The Morgan fingerprint density at radius 3 is 2.67 bits per heavy atom. The Labute approximate surface area is 230 Å². The van der Waals surface area contributed by atoms with Gasteiger partial charge in [-0.3, -0.25) is 4.57 Å². The van der Waals surface area contributed by atoms with Crippen molar-refractivity contribution in [2.45, 2.75) is 62.3 Å². The average molecular weight is 553 g/mol. The molecule has 40 heavy (non-hydrogen) atoms. The second-order valence-electron chi connectivity index (χ2n) is 11.2. The lowest BCUT2D eigenvalue weighted by Gasteiger charge is -2.40. The van der Waals surface area contributed by atoms with Crippen molar-refractivity contribution in [3.8, 4) is 0 Å². The van der Waals surface area contributed by atoms with Gasteiger partial charge in [0.25, 0.3) is 0 Å². The van der Waals surface area contributed by atoms with E-state index in [0.29, 0.717) is 35.0 Å². The van der Waals surface area contributed by atoms with Crippen molar-refractivity contribution >= 4 is 28.0 Å². The van der Waals surface area contributed by atoms with Crippen LogP contribution < -0.4 is 5.73 Å². The molecule has 1 saturated heterocycles. The predicted octanol–water partition coefficient (Wildman–Crippen LogP) is 1.28. The minimum absolute atomic E-state index is 0.0765. The highest BCUT2D eigenvalue weighted by atomic mass is 16.5. The number of H-pyrrole nitrogens is 1. The Bertz CT molecular complexity index is 1460. The summed E-state index contributed by atoms with van der Waals surface area (Å²) < 4.78 is 8.11. The summed E-state index contributed by atoms with van der Waals surface area (Å²) in [5, 5.41) is 41.4. The summed E-state index contributed by atoms with van der Waals surface area (Å²) >= 11 is 0. The Morgan fingerprint density at radius 1 is 1.10 bits per heavy atom. The van der Waals surface area contributed by atoms with Gasteiger partial charge in [-0.15, -0.1) is 0 Å². The summed E-state index contributed by atoms with van der Waals surface area (Å²) in [5.74, 6) is 1.73. The molecule has 2 atom stereocenters. The van der Waals surface area contributed by atoms with Crippen molar-refractivity contribution in [2.24, 2.45) is 5.92 Å². The number of aliphatic hydroxyl groups is 3. The molecule has 2 aliphatic rings. The van der Waals surface area contributed by atoms with E-state index in [1.165, 1.54) is 11.4 Å². The molecule has 0 bridgehead atoms. The Balaban J connectivity index is 0.977. The van der Waals surface area contributed by atoms with Gasteiger partial charge in [-0.1, -0.05) is 6.07 Å². The maximum atomic E-state index is 10.7. The number of anilines is 1. The van der Waals surface area contributed by atoms with Gasteiger partial charge in [0.1, 0.15) is 23.9 Å². The zero-order valence-corrected chi connectivity index (χ0v) is 22.2. The fraction of sp³-hybridized carbons (Fsp3) is 0.556. The van der Waals surface area contributed by atoms with E-state index in [4.69, 9.17) is 10.5 Å². The van der Waals surface area contributed by atoms with Crippen LogP contribution in [0.4, 0.5) is 5.82 Å². The van der Waals surface area contributed by atoms with Gasteiger partial charge in [0.05, 0.1) is 55.2 Å². The lowest BCUT2D eigenvalue weighted by atomic mass is 9.77. The van der Waals surface area contributed by atoms with E-state index in [1.54, 1.807) is 12.4 Å². The molecule has 1 aromatic carbocycles. The van der Waals surface area contributed by atoms with Crippen molar-refractivity contribution in [2.75, 3.05) is 32.1 Å². The van der Waals surface area contributed by atoms with Crippen LogP contribution in [0.15, 0.2) is 30.9 Å². The second-order valence-corrected chi connectivity index (χ2v) is 11.2. The third-order valence-corrected chi connectivity index (χ3v) is 8.65. The largest absolute Gasteiger partial charge is 0.395 e. The van der Waals surface area contributed by atoms with Crippen molar-refractivity contribution < 1.29 is 25.3 Å². The fourth-order valence-electron chi connectivity index (χ4n) is 5.92. The minimum Gasteiger partial charge on any atom is -0.395 e. The third kappa shape index (κ3) is 4.93. The molecule has 6 rings (SSSR count). The Hall–Kier alpha value is -3.20. The normalized spacial score (nSPS) is 23.4. The van der Waals surface area contributed by atoms with Crippen LogP contribution in [-0.4, -0.2) is 93.6 Å². The van der Waals surface area contributed by atoms with Crippen LogP contribution in [0.5, 0.6) is 0 Å². The number of benzene rings is 1. The number of aliphatic hydroxyl groups excluding tert-OH is 3. The zero-order chi connectivity index (χ0) is 27.9. The van der Waals surface area contributed by atoms with Gasteiger partial charge in [0.2, 0.25) is 0 Å². The van der Waals surface area contributed by atoms with Crippen LogP contribution in [-0.2, 0) is 16.6 Å². The van der Waals surface area contributed by atoms with Gasteiger partial charge in [0, 0.05) is 12.5 Å². The van der Waals surface area contributed by atoms with Crippen molar-refractivity contribution in [3.63, 3.8) is 0 Å². The zero-order valence-electron chi connectivity index (χ0n) is 22.2. The van der Waals surface area contributed by atoms with Gasteiger partial charge in [-0.25, -0.2) is 19.9 Å². The molecule has 4 aromatic rings. The number of hydrogen-bond acceptors (Lipinski definition) is 11. The first-order chi connectivity index (χ1) is 19.4. The summed E-state index contributed by atoms with van der Waals surface area (Å²) in [6.07, 6.45) is 8.08. The van der Waals surface area contributed by atoms with Crippen LogP contribution in [0, 0.1) is 5.92 Å². The molecular weight excluding hydrogens is 516 g/mol. The standard InChI is InChI=1S/C27H36N8O5/c28-25-24-26(30-14-29-25)34(15-31-24)23-6-3-19(40-23)10-35(39)18-7-16(8-18)1-5-22-32-20-4-2-17(9-21(20)33-22)27(11-36,12-37)13-38/h2,4,9,14-16,18-19,23,36-39H,1,3,5-8,10-13H2,(H,32,33)(H2,28,29,30). The number of aromatic amines is 1. The molecule has 1 aliphatic heterocycles. The number of ether oxygens (including phenoxy) is 1. The number of aryl methyl sites for hydroxylation is 1. The minimum atomic E-state index is -1.08. The van der Waals surface area contributed by atoms with Gasteiger partial charge >= 0.3 is 0 Å². The van der Waals surface area contributed by atoms with Gasteiger partial charge in [-0.2, -0.15) is 5.06 Å². The number of nitrogen functional groups attached to an aromatic ring is 1. The van der Waals surface area contributed by atoms with Crippen LogP contribution in [0.3, 0.4) is 0 Å². The van der Waals surface area contributed by atoms with Crippen LogP contribution in [0.1, 0.15) is 49.7 Å². The highest BCUT2D eigenvalue weighted by Gasteiger charge is 2.36. The number of rotatable bonds is 11. The lowest BCUT2D eigenvalue weighted by Crippen LogP contribution is -2.46. The van der Waals surface area contributed by atoms with Crippen LogP contribution >= 0.6 is 0 Å². The molecule has 2 fully saturated rings. The molecule has 1 aliphatic carbocycles. The molecule has 3 aromatic heterocycles. The highest BCUT2D eigenvalue weighted by Crippen LogP contribution is 2.37. The van der Waals surface area contributed by atoms with Crippen molar-refractivity contribution in [1.82, 2.24) is 34.6 Å². The molecule has 214 valence electrons.